The van der Waals surface area contributed by atoms with Crippen LogP contribution in [0.15, 0.2) is 48.7 Å². The Morgan fingerprint density at radius 1 is 1.00 bits per heavy atom. The van der Waals surface area contributed by atoms with Gasteiger partial charge in [-0.2, -0.15) is 0 Å². The minimum atomic E-state index is -1.54. The van der Waals surface area contributed by atoms with Crippen LogP contribution in [0.1, 0.15) is 98.0 Å². The Labute approximate surface area is 292 Å². The number of aliphatic hydroxyl groups is 1. The maximum absolute atomic E-state index is 14.7. The van der Waals surface area contributed by atoms with E-state index in [1.807, 2.05) is 44.2 Å². The van der Waals surface area contributed by atoms with Crippen LogP contribution >= 0.6 is 23.5 Å². The molecule has 0 spiro atoms. The van der Waals surface area contributed by atoms with E-state index >= 15 is 0 Å². The number of aliphatic hydroxyl groups excluding tert-OH is 1. The van der Waals surface area contributed by atoms with Crippen molar-refractivity contribution in [1.29, 1.82) is 0 Å². The van der Waals surface area contributed by atoms with Crippen molar-refractivity contribution in [1.82, 2.24) is 15.6 Å². The first-order valence-corrected chi connectivity index (χ1v) is 19.3. The van der Waals surface area contributed by atoms with Gasteiger partial charge in [0.05, 0.1) is 16.7 Å². The second-order valence-corrected chi connectivity index (χ2v) is 16.1. The van der Waals surface area contributed by atoms with Gasteiger partial charge in [-0.3, -0.25) is 29.5 Å². The molecule has 2 fully saturated rings. The molecule has 2 aromatic rings. The molecule has 262 valence electrons. The second-order valence-electron chi connectivity index (χ2n) is 13.3. The summed E-state index contributed by atoms with van der Waals surface area (Å²) in [6.45, 7) is 3.74. The van der Waals surface area contributed by atoms with Crippen LogP contribution in [0.25, 0.3) is 0 Å². The van der Waals surface area contributed by atoms with E-state index in [-0.39, 0.29) is 34.6 Å². The van der Waals surface area contributed by atoms with Gasteiger partial charge < -0.3 is 21.9 Å². The van der Waals surface area contributed by atoms with Gasteiger partial charge in [0.25, 0.3) is 5.91 Å². The summed E-state index contributed by atoms with van der Waals surface area (Å²) in [5.74, 6) is -0.00109. The van der Waals surface area contributed by atoms with Gasteiger partial charge in [-0.15, -0.1) is 23.5 Å². The Kier molecular flexibility index (Phi) is 14.5. The highest BCUT2D eigenvalue weighted by Crippen LogP contribution is 2.35. The fourth-order valence-electron chi connectivity index (χ4n) is 6.49. The third-order valence-electron chi connectivity index (χ3n) is 9.66. The number of ketones is 1. The predicted octanol–water partition coefficient (Wildman–Crippen LogP) is 4.24. The summed E-state index contributed by atoms with van der Waals surface area (Å²) in [4.78, 5) is 58.0. The summed E-state index contributed by atoms with van der Waals surface area (Å²) in [6.07, 6.45) is 8.49. The van der Waals surface area contributed by atoms with E-state index < -0.39 is 47.2 Å². The molecule has 1 unspecified atom stereocenters. The number of hydrogen-bond acceptors (Lipinski definition) is 10. The van der Waals surface area contributed by atoms with E-state index in [9.17, 15) is 24.3 Å². The number of amides is 3. The summed E-state index contributed by atoms with van der Waals surface area (Å²) >= 11 is 3.25. The minimum Gasteiger partial charge on any atom is -0.393 e. The van der Waals surface area contributed by atoms with Crippen molar-refractivity contribution in [2.45, 2.75) is 106 Å². The van der Waals surface area contributed by atoms with Crippen molar-refractivity contribution in [2.24, 2.45) is 23.3 Å². The first-order valence-electron chi connectivity index (χ1n) is 17.2. The SMILES string of the molecule is CC[C@H](C)[C@H](N)C(=O)NC(=O)c1ccc(C(=O)[C@@](Cc2ccccc2)(CC(O)CCC2CCCCC2)NC(=O)[C@@H](N)C2SCCS2)cn1. The van der Waals surface area contributed by atoms with Crippen LogP contribution in [0.5, 0.6) is 0 Å². The predicted molar refractivity (Wildman–Crippen MR) is 193 cm³/mol. The quantitative estimate of drug-likeness (QED) is 0.160. The number of nitrogens with one attached hydrogen (secondary N) is 2. The molecule has 4 rings (SSSR count). The van der Waals surface area contributed by atoms with E-state index in [4.69, 9.17) is 11.5 Å². The Balaban J connectivity index is 1.62. The summed E-state index contributed by atoms with van der Waals surface area (Å²) in [5, 5.41) is 16.8. The Morgan fingerprint density at radius 2 is 1.69 bits per heavy atom. The third-order valence-corrected chi connectivity index (χ3v) is 12.9. The number of nitrogens with two attached hydrogens (primary N) is 2. The molecule has 5 atom stereocenters. The average molecular weight is 698 g/mol. The van der Waals surface area contributed by atoms with Crippen LogP contribution in [-0.4, -0.2) is 73.4 Å². The van der Waals surface area contributed by atoms with Gasteiger partial charge in [-0.05, 0) is 42.4 Å². The third kappa shape index (κ3) is 10.4. The number of carbonyl (C=O) groups is 4. The molecule has 1 aliphatic heterocycles. The van der Waals surface area contributed by atoms with Crippen molar-refractivity contribution in [2.75, 3.05) is 11.5 Å². The normalized spacial score (nSPS) is 19.4. The molecule has 48 heavy (non-hydrogen) atoms. The summed E-state index contributed by atoms with van der Waals surface area (Å²) < 4.78 is -0.138. The van der Waals surface area contributed by atoms with Gasteiger partial charge in [0.1, 0.15) is 17.3 Å². The fraction of sp³-hybridized carbons (Fsp3) is 0.583. The Bertz CT molecular complexity index is 1370. The molecule has 2 aliphatic rings. The van der Waals surface area contributed by atoms with Gasteiger partial charge in [0.15, 0.2) is 5.78 Å². The molecular weight excluding hydrogens is 647 g/mol. The lowest BCUT2D eigenvalue weighted by atomic mass is 9.77. The van der Waals surface area contributed by atoms with Gasteiger partial charge >= 0.3 is 0 Å². The zero-order valence-electron chi connectivity index (χ0n) is 28.1. The minimum absolute atomic E-state index is 0.0128. The molecule has 1 saturated carbocycles. The number of rotatable bonds is 16. The maximum Gasteiger partial charge on any atom is 0.276 e. The second kappa shape index (κ2) is 18.3. The van der Waals surface area contributed by atoms with Gasteiger partial charge in [0.2, 0.25) is 11.8 Å². The van der Waals surface area contributed by atoms with E-state index in [0.717, 1.165) is 36.3 Å². The van der Waals surface area contributed by atoms with E-state index in [0.29, 0.717) is 18.8 Å². The van der Waals surface area contributed by atoms with Gasteiger partial charge in [-0.1, -0.05) is 82.7 Å². The molecule has 7 N–H and O–H groups in total. The average Bonchev–Trinajstić information content (AvgIpc) is 3.65. The molecule has 1 aliphatic carbocycles. The van der Waals surface area contributed by atoms with Crippen LogP contribution in [-0.2, 0) is 16.0 Å². The molecule has 2 heterocycles. The molecule has 10 nitrogen and oxygen atoms in total. The van der Waals surface area contributed by atoms with Crippen molar-refractivity contribution in [3.63, 3.8) is 0 Å². The molecule has 0 radical (unpaired) electrons. The number of Topliss-reactive ketones (excluding diaryl/α,β-unsaturated/α-hetero) is 1. The number of pyridine rings is 1. The van der Waals surface area contributed by atoms with E-state index in [2.05, 4.69) is 15.6 Å². The van der Waals surface area contributed by atoms with Gasteiger partial charge in [-0.25, -0.2) is 0 Å². The number of nitrogens with zero attached hydrogens (tertiary/aromatic N) is 1. The summed E-state index contributed by atoms with van der Waals surface area (Å²) in [6, 6.07) is 10.5. The van der Waals surface area contributed by atoms with Crippen LogP contribution < -0.4 is 22.1 Å². The number of thioether (sulfide) groups is 2. The molecule has 3 amide bonds. The smallest absolute Gasteiger partial charge is 0.276 e. The molecule has 1 saturated heterocycles. The largest absolute Gasteiger partial charge is 0.393 e. The maximum atomic E-state index is 14.7. The van der Waals surface area contributed by atoms with Crippen LogP contribution in [0, 0.1) is 11.8 Å². The fourth-order valence-corrected chi connectivity index (χ4v) is 9.35. The van der Waals surface area contributed by atoms with Crippen molar-refractivity contribution >= 4 is 47.0 Å². The van der Waals surface area contributed by atoms with Crippen LogP contribution in [0.2, 0.25) is 0 Å². The van der Waals surface area contributed by atoms with Gasteiger partial charge in [0, 0.05) is 36.1 Å². The van der Waals surface area contributed by atoms with Crippen molar-refractivity contribution < 1.29 is 24.3 Å². The highest BCUT2D eigenvalue weighted by molar-refractivity contribution is 8.20. The molecule has 0 bridgehead atoms. The number of benzene rings is 1. The topological polar surface area (TPSA) is 178 Å². The number of aromatic nitrogens is 1. The number of carbonyl (C=O) groups excluding carboxylic acids is 4. The lowest BCUT2D eigenvalue weighted by molar-refractivity contribution is -0.124. The lowest BCUT2D eigenvalue weighted by Gasteiger charge is -2.37. The monoisotopic (exact) mass is 697 g/mol. The van der Waals surface area contributed by atoms with Crippen LogP contribution in [0.4, 0.5) is 0 Å². The highest BCUT2D eigenvalue weighted by Gasteiger charge is 2.44. The van der Waals surface area contributed by atoms with E-state index in [1.54, 1.807) is 23.5 Å². The number of hydrogen-bond donors (Lipinski definition) is 5. The van der Waals surface area contributed by atoms with E-state index in [1.165, 1.54) is 37.6 Å². The van der Waals surface area contributed by atoms with Crippen molar-refractivity contribution in [3.8, 4) is 0 Å². The molecule has 1 aromatic heterocycles. The Morgan fingerprint density at radius 3 is 2.31 bits per heavy atom. The van der Waals surface area contributed by atoms with Crippen LogP contribution in [0.3, 0.4) is 0 Å². The first kappa shape index (κ1) is 38.0. The molecule has 1 aromatic carbocycles. The standard InChI is InChI=1S/C36H51N5O5S2/c1-3-23(2)29(37)33(45)40-32(44)28-17-15-26(22-39-28)31(43)36(20-25-12-8-5-9-13-25,41-34(46)30(38)35-47-18-19-48-35)21-27(42)16-14-24-10-6-4-7-11-24/h5,8-9,12-13,15,17,22-24,27,29-30,35,42H,3-4,6-7,10-11,14,16,18-21,37-38H2,1-2H3,(H,41,46)(H,40,44,45)/t23-,27?,29-,30+,36+/m0/s1. The first-order chi connectivity index (χ1) is 23.0. The molecular formula is C36H51N5O5S2. The molecule has 12 heteroatoms. The zero-order valence-corrected chi connectivity index (χ0v) is 29.7. The highest BCUT2D eigenvalue weighted by atomic mass is 32.2. The number of imide groups is 1. The summed E-state index contributed by atoms with van der Waals surface area (Å²) in [7, 11) is 0. The van der Waals surface area contributed by atoms with Crippen molar-refractivity contribution in [3.05, 3.63) is 65.5 Å². The summed E-state index contributed by atoms with van der Waals surface area (Å²) in [5.41, 5.74) is 11.8. The zero-order chi connectivity index (χ0) is 34.7. The lowest BCUT2D eigenvalue weighted by Crippen LogP contribution is -2.61. The Hall–Kier alpha value is -2.77.